The standard InChI is InChI=1S/C24H28N4O4S/c1-27(16-20-14-25-28(18-20)17-19-6-3-2-4-7-19)24(29)21-9-11-23(12-10-21)33(30,31)26-15-22-8-5-13-32-22/h2-4,6-7,9-12,14,18,22,26H,5,8,13,15-17H2,1H3/t22-/m1/s1. The molecule has 4 rings (SSSR count). The summed E-state index contributed by atoms with van der Waals surface area (Å²) in [5, 5.41) is 4.38. The zero-order chi connectivity index (χ0) is 23.3. The molecule has 0 aliphatic carbocycles. The van der Waals surface area contributed by atoms with Crippen LogP contribution < -0.4 is 4.72 Å². The Labute approximate surface area is 194 Å². The van der Waals surface area contributed by atoms with Gasteiger partial charge >= 0.3 is 0 Å². The first-order valence-electron chi connectivity index (χ1n) is 10.9. The Morgan fingerprint density at radius 3 is 2.61 bits per heavy atom. The van der Waals surface area contributed by atoms with Crippen molar-refractivity contribution in [2.24, 2.45) is 0 Å². The van der Waals surface area contributed by atoms with Crippen LogP contribution in [0, 0.1) is 0 Å². The van der Waals surface area contributed by atoms with Crippen molar-refractivity contribution in [1.82, 2.24) is 19.4 Å². The fraction of sp³-hybridized carbons (Fsp3) is 0.333. The van der Waals surface area contributed by atoms with Crippen molar-refractivity contribution < 1.29 is 17.9 Å². The molecule has 2 heterocycles. The second kappa shape index (κ2) is 10.3. The van der Waals surface area contributed by atoms with E-state index in [-0.39, 0.29) is 23.5 Å². The van der Waals surface area contributed by atoms with Gasteiger partial charge in [0.25, 0.3) is 5.91 Å². The number of rotatable bonds is 9. The first-order valence-corrected chi connectivity index (χ1v) is 12.4. The summed E-state index contributed by atoms with van der Waals surface area (Å²) in [6.07, 6.45) is 5.40. The number of nitrogens with zero attached hydrogens (tertiary/aromatic N) is 3. The molecule has 9 heteroatoms. The van der Waals surface area contributed by atoms with Crippen LogP contribution in [0.4, 0.5) is 0 Å². The summed E-state index contributed by atoms with van der Waals surface area (Å²) in [5.74, 6) is -0.193. The lowest BCUT2D eigenvalue weighted by Crippen LogP contribution is -2.32. The Bertz CT molecular complexity index is 1170. The Hall–Kier alpha value is -3.01. The number of carbonyl (C=O) groups excluding carboxylic acids is 1. The summed E-state index contributed by atoms with van der Waals surface area (Å²) in [6, 6.07) is 16.0. The molecular weight excluding hydrogens is 440 g/mol. The molecule has 0 radical (unpaired) electrons. The van der Waals surface area contributed by atoms with E-state index in [1.54, 1.807) is 18.1 Å². The second-order valence-electron chi connectivity index (χ2n) is 8.20. The van der Waals surface area contributed by atoms with Gasteiger partial charge in [-0.3, -0.25) is 9.48 Å². The van der Waals surface area contributed by atoms with E-state index in [1.807, 2.05) is 41.2 Å². The van der Waals surface area contributed by atoms with Crippen molar-refractivity contribution in [2.75, 3.05) is 20.2 Å². The van der Waals surface area contributed by atoms with E-state index in [0.717, 1.165) is 24.0 Å². The lowest BCUT2D eigenvalue weighted by atomic mass is 10.2. The molecule has 1 fully saturated rings. The molecule has 1 aromatic heterocycles. The van der Waals surface area contributed by atoms with E-state index in [4.69, 9.17) is 4.74 Å². The molecule has 0 saturated carbocycles. The van der Waals surface area contributed by atoms with E-state index in [9.17, 15) is 13.2 Å². The molecule has 3 aromatic rings. The minimum atomic E-state index is -3.65. The largest absolute Gasteiger partial charge is 0.377 e. The van der Waals surface area contributed by atoms with E-state index in [1.165, 1.54) is 24.3 Å². The molecule has 1 saturated heterocycles. The Morgan fingerprint density at radius 1 is 1.15 bits per heavy atom. The third-order valence-electron chi connectivity index (χ3n) is 5.58. The molecule has 1 aliphatic rings. The Morgan fingerprint density at radius 2 is 1.91 bits per heavy atom. The molecule has 1 aliphatic heterocycles. The van der Waals surface area contributed by atoms with Crippen molar-refractivity contribution in [2.45, 2.75) is 36.9 Å². The molecule has 0 unspecified atom stereocenters. The smallest absolute Gasteiger partial charge is 0.253 e. The predicted octanol–water partition coefficient (Wildman–Crippen LogP) is 2.66. The van der Waals surface area contributed by atoms with Crippen molar-refractivity contribution in [3.63, 3.8) is 0 Å². The minimum Gasteiger partial charge on any atom is -0.377 e. The van der Waals surface area contributed by atoms with Gasteiger partial charge in [0.1, 0.15) is 0 Å². The van der Waals surface area contributed by atoms with Gasteiger partial charge in [-0.15, -0.1) is 0 Å². The normalized spacial score (nSPS) is 16.1. The SMILES string of the molecule is CN(Cc1cnn(Cc2ccccc2)c1)C(=O)c1ccc(S(=O)(=O)NC[C@H]2CCCO2)cc1. The van der Waals surface area contributed by atoms with Crippen LogP contribution in [0.3, 0.4) is 0 Å². The highest BCUT2D eigenvalue weighted by Crippen LogP contribution is 2.15. The molecular formula is C24H28N4O4S. The number of amides is 1. The maximum Gasteiger partial charge on any atom is 0.253 e. The van der Waals surface area contributed by atoms with Crippen LogP contribution in [0.5, 0.6) is 0 Å². The molecule has 8 nitrogen and oxygen atoms in total. The summed E-state index contributed by atoms with van der Waals surface area (Å²) in [6.45, 7) is 1.99. The monoisotopic (exact) mass is 468 g/mol. The van der Waals surface area contributed by atoms with Gasteiger partial charge < -0.3 is 9.64 Å². The van der Waals surface area contributed by atoms with Gasteiger partial charge in [-0.1, -0.05) is 30.3 Å². The maximum absolute atomic E-state index is 12.8. The fourth-order valence-corrected chi connectivity index (χ4v) is 4.85. The highest BCUT2D eigenvalue weighted by atomic mass is 32.2. The maximum atomic E-state index is 12.8. The summed E-state index contributed by atoms with van der Waals surface area (Å²) in [5.41, 5.74) is 2.49. The third kappa shape index (κ3) is 6.07. The van der Waals surface area contributed by atoms with Crippen LogP contribution in [0.2, 0.25) is 0 Å². The third-order valence-corrected chi connectivity index (χ3v) is 7.02. The molecule has 1 N–H and O–H groups in total. The van der Waals surface area contributed by atoms with E-state index < -0.39 is 10.0 Å². The topological polar surface area (TPSA) is 93.5 Å². The van der Waals surface area contributed by atoms with Crippen molar-refractivity contribution in [1.29, 1.82) is 0 Å². The van der Waals surface area contributed by atoms with Crippen LogP contribution in [-0.4, -0.2) is 55.3 Å². The number of aromatic nitrogens is 2. The fourth-order valence-electron chi connectivity index (χ4n) is 3.78. The van der Waals surface area contributed by atoms with Crippen LogP contribution in [0.25, 0.3) is 0 Å². The molecule has 0 bridgehead atoms. The number of hydrogen-bond donors (Lipinski definition) is 1. The van der Waals surface area contributed by atoms with Crippen molar-refractivity contribution >= 4 is 15.9 Å². The lowest BCUT2D eigenvalue weighted by Gasteiger charge is -2.16. The lowest BCUT2D eigenvalue weighted by molar-refractivity contribution is 0.0785. The zero-order valence-electron chi connectivity index (χ0n) is 18.6. The first kappa shape index (κ1) is 23.2. The Kier molecular flexibility index (Phi) is 7.22. The van der Waals surface area contributed by atoms with Gasteiger partial charge in [-0.25, -0.2) is 13.1 Å². The number of benzene rings is 2. The average molecular weight is 469 g/mol. The van der Waals surface area contributed by atoms with Crippen LogP contribution in [0.1, 0.15) is 34.3 Å². The van der Waals surface area contributed by atoms with Gasteiger partial charge in [0.2, 0.25) is 10.0 Å². The van der Waals surface area contributed by atoms with Crippen LogP contribution in [-0.2, 0) is 27.8 Å². The molecule has 1 atom stereocenters. The summed E-state index contributed by atoms with van der Waals surface area (Å²) in [4.78, 5) is 14.5. The highest BCUT2D eigenvalue weighted by Gasteiger charge is 2.21. The van der Waals surface area contributed by atoms with Gasteiger partial charge in [0, 0.05) is 44.1 Å². The predicted molar refractivity (Wildman–Crippen MR) is 124 cm³/mol. The van der Waals surface area contributed by atoms with Gasteiger partial charge in [-0.05, 0) is 42.7 Å². The van der Waals surface area contributed by atoms with E-state index in [0.29, 0.717) is 25.3 Å². The zero-order valence-corrected chi connectivity index (χ0v) is 19.4. The number of hydrogen-bond acceptors (Lipinski definition) is 5. The minimum absolute atomic E-state index is 0.0775. The molecule has 0 spiro atoms. The van der Waals surface area contributed by atoms with Gasteiger partial charge in [-0.2, -0.15) is 5.10 Å². The van der Waals surface area contributed by atoms with Crippen molar-refractivity contribution in [3.8, 4) is 0 Å². The quantitative estimate of drug-likeness (QED) is 0.521. The Balaban J connectivity index is 1.34. The number of ether oxygens (including phenoxy) is 1. The first-order chi connectivity index (χ1) is 15.9. The van der Waals surface area contributed by atoms with Crippen LogP contribution in [0.15, 0.2) is 71.9 Å². The summed E-state index contributed by atoms with van der Waals surface area (Å²) in [7, 11) is -1.94. The molecule has 2 aromatic carbocycles. The van der Waals surface area contributed by atoms with Crippen molar-refractivity contribution in [3.05, 3.63) is 83.7 Å². The molecule has 33 heavy (non-hydrogen) atoms. The second-order valence-corrected chi connectivity index (χ2v) is 9.97. The molecule has 174 valence electrons. The highest BCUT2D eigenvalue weighted by molar-refractivity contribution is 7.89. The molecule has 1 amide bonds. The number of sulfonamides is 1. The van der Waals surface area contributed by atoms with E-state index in [2.05, 4.69) is 9.82 Å². The number of nitrogens with one attached hydrogen (secondary N) is 1. The van der Waals surface area contributed by atoms with Gasteiger partial charge in [0.15, 0.2) is 0 Å². The summed E-state index contributed by atoms with van der Waals surface area (Å²) >= 11 is 0. The van der Waals surface area contributed by atoms with Crippen LogP contribution >= 0.6 is 0 Å². The number of carbonyl (C=O) groups is 1. The van der Waals surface area contributed by atoms with E-state index >= 15 is 0 Å². The van der Waals surface area contributed by atoms with Gasteiger partial charge in [0.05, 0.1) is 23.7 Å². The average Bonchev–Trinajstić information content (AvgIpc) is 3.50. The summed E-state index contributed by atoms with van der Waals surface area (Å²) < 4.78 is 34.9.